The number of aromatic nitrogens is 1. The van der Waals surface area contributed by atoms with Crippen molar-refractivity contribution in [3.8, 4) is 11.5 Å². The van der Waals surface area contributed by atoms with Gasteiger partial charge in [-0.15, -0.1) is 8.78 Å². The van der Waals surface area contributed by atoms with E-state index in [2.05, 4.69) is 26.7 Å². The molecule has 0 radical (unpaired) electrons. The van der Waals surface area contributed by atoms with Gasteiger partial charge in [-0.1, -0.05) is 19.4 Å². The highest BCUT2D eigenvalue weighted by Crippen LogP contribution is 2.45. The number of nitrogens with two attached hydrogens (primary N) is 1. The third kappa shape index (κ3) is 3.62. The largest absolute Gasteiger partial charge is 0.586 e. The Morgan fingerprint density at radius 1 is 1.28 bits per heavy atom. The van der Waals surface area contributed by atoms with Crippen LogP contribution in [0.5, 0.6) is 11.5 Å². The van der Waals surface area contributed by atoms with Crippen molar-refractivity contribution in [2.45, 2.75) is 32.5 Å². The van der Waals surface area contributed by atoms with Crippen LogP contribution in [0.2, 0.25) is 0 Å². The Morgan fingerprint density at radius 3 is 2.80 bits per heavy atom. The highest BCUT2D eigenvalue weighted by atomic mass is 19.3. The molecule has 1 aromatic carbocycles. The molecule has 0 saturated carbocycles. The molecule has 0 bridgehead atoms. The molecule has 2 aromatic rings. The van der Waals surface area contributed by atoms with Gasteiger partial charge in [-0.25, -0.2) is 4.98 Å². The lowest BCUT2D eigenvalue weighted by Gasteiger charge is -2.10. The van der Waals surface area contributed by atoms with Crippen molar-refractivity contribution < 1.29 is 23.0 Å². The Balaban J connectivity index is 1.79. The molecule has 1 aliphatic rings. The molecule has 1 aromatic heterocycles. The van der Waals surface area contributed by atoms with E-state index >= 15 is 0 Å². The molecule has 2 heterocycles. The number of para-hydroxylation sites is 1. The number of carbonyl (C=O) groups excluding carboxylic acids is 1. The second-order valence-electron chi connectivity index (χ2n) is 5.59. The fourth-order valence-electron chi connectivity index (χ4n) is 2.46. The fourth-order valence-corrected chi connectivity index (χ4v) is 2.46. The number of alkyl halides is 2. The van der Waals surface area contributed by atoms with Crippen LogP contribution in [0.25, 0.3) is 0 Å². The molecule has 1 aliphatic heterocycles. The Morgan fingerprint density at radius 2 is 2.08 bits per heavy atom. The number of pyridine rings is 1. The van der Waals surface area contributed by atoms with E-state index in [4.69, 9.17) is 5.73 Å². The van der Waals surface area contributed by atoms with Crippen molar-refractivity contribution in [3.63, 3.8) is 0 Å². The van der Waals surface area contributed by atoms with Crippen LogP contribution in [0, 0.1) is 0 Å². The van der Waals surface area contributed by atoms with Crippen LogP contribution in [-0.2, 0) is 6.42 Å². The molecule has 0 atom stereocenters. The lowest BCUT2D eigenvalue weighted by Crippen LogP contribution is -2.26. The molecule has 3 N–H and O–H groups in total. The van der Waals surface area contributed by atoms with Crippen LogP contribution in [0.1, 0.15) is 35.8 Å². The zero-order chi connectivity index (χ0) is 18.0. The number of ether oxygens (including phenoxy) is 2. The Kier molecular flexibility index (Phi) is 4.43. The number of halogens is 2. The monoisotopic (exact) mass is 349 g/mol. The van der Waals surface area contributed by atoms with Gasteiger partial charge in [-0.05, 0) is 37.1 Å². The van der Waals surface area contributed by atoms with Crippen LogP contribution in [0.15, 0.2) is 30.3 Å². The highest BCUT2D eigenvalue weighted by Gasteiger charge is 2.44. The number of hydrogen-bond acceptors (Lipinski definition) is 5. The third-order valence-corrected chi connectivity index (χ3v) is 3.69. The summed E-state index contributed by atoms with van der Waals surface area (Å²) in [4.78, 5) is 16.6. The SMILES string of the molecule is CCCCc1ccc(C(=O)Nc2cccc3c2OC(F)(F)O3)c(N)n1. The molecular formula is C17H17F2N3O3. The first kappa shape index (κ1) is 16.9. The third-order valence-electron chi connectivity index (χ3n) is 3.69. The van der Waals surface area contributed by atoms with Crippen molar-refractivity contribution in [2.24, 2.45) is 0 Å². The molecule has 132 valence electrons. The number of hydrogen-bond donors (Lipinski definition) is 2. The number of nitrogen functional groups attached to an aromatic ring is 1. The maximum absolute atomic E-state index is 13.2. The maximum Gasteiger partial charge on any atom is 0.586 e. The summed E-state index contributed by atoms with van der Waals surface area (Å²) < 4.78 is 35.2. The van der Waals surface area contributed by atoms with Gasteiger partial charge in [0.1, 0.15) is 5.82 Å². The Bertz CT molecular complexity index is 812. The molecule has 0 unspecified atom stereocenters. The quantitative estimate of drug-likeness (QED) is 0.862. The minimum atomic E-state index is -3.76. The molecular weight excluding hydrogens is 332 g/mol. The molecule has 6 nitrogen and oxygen atoms in total. The zero-order valence-electron chi connectivity index (χ0n) is 13.5. The first-order valence-corrected chi connectivity index (χ1v) is 7.85. The van der Waals surface area contributed by atoms with Crippen molar-refractivity contribution in [1.29, 1.82) is 0 Å². The second-order valence-corrected chi connectivity index (χ2v) is 5.59. The average Bonchev–Trinajstić information content (AvgIpc) is 2.88. The molecule has 1 amide bonds. The van der Waals surface area contributed by atoms with E-state index in [0.29, 0.717) is 0 Å². The molecule has 25 heavy (non-hydrogen) atoms. The number of unbranched alkanes of at least 4 members (excludes halogenated alkanes) is 1. The van der Waals surface area contributed by atoms with Crippen LogP contribution in [0.3, 0.4) is 0 Å². The summed E-state index contributed by atoms with van der Waals surface area (Å²) in [7, 11) is 0. The standard InChI is InChI=1S/C17H17F2N3O3/c1-2-3-5-10-8-9-11(15(20)21-10)16(23)22-12-6-4-7-13-14(12)25-17(18,19)24-13/h4,6-9H,2-3,5H2,1H3,(H2,20,21)(H,22,23). The number of nitrogens with one attached hydrogen (secondary N) is 1. The highest BCUT2D eigenvalue weighted by molar-refractivity contribution is 6.08. The van der Waals surface area contributed by atoms with Gasteiger partial charge in [0.05, 0.1) is 11.3 Å². The predicted octanol–water partition coefficient (Wildman–Crippen LogP) is 3.58. The minimum Gasteiger partial charge on any atom is -0.395 e. The predicted molar refractivity (Wildman–Crippen MR) is 87.9 cm³/mol. The van der Waals surface area contributed by atoms with Crippen LogP contribution in [-0.4, -0.2) is 17.2 Å². The Hall–Kier alpha value is -2.90. The summed E-state index contributed by atoms with van der Waals surface area (Å²) in [5.41, 5.74) is 6.87. The number of benzene rings is 1. The number of carbonyl (C=O) groups is 1. The molecule has 3 rings (SSSR count). The van der Waals surface area contributed by atoms with Crippen molar-refractivity contribution in [2.75, 3.05) is 11.1 Å². The smallest absolute Gasteiger partial charge is 0.395 e. The van der Waals surface area contributed by atoms with Crippen LogP contribution in [0.4, 0.5) is 20.3 Å². The van der Waals surface area contributed by atoms with Gasteiger partial charge in [-0.2, -0.15) is 0 Å². The number of nitrogens with zero attached hydrogens (tertiary/aromatic N) is 1. The van der Waals surface area contributed by atoms with Gasteiger partial charge in [0.2, 0.25) is 0 Å². The molecule has 0 aliphatic carbocycles. The van der Waals surface area contributed by atoms with Crippen LogP contribution >= 0.6 is 0 Å². The molecule has 0 saturated heterocycles. The zero-order valence-corrected chi connectivity index (χ0v) is 13.5. The number of amides is 1. The molecule has 0 fully saturated rings. The van der Waals surface area contributed by atoms with Crippen LogP contribution < -0.4 is 20.5 Å². The normalized spacial score (nSPS) is 14.4. The summed E-state index contributed by atoms with van der Waals surface area (Å²) in [6, 6.07) is 7.52. The lowest BCUT2D eigenvalue weighted by molar-refractivity contribution is -0.286. The van der Waals surface area contributed by atoms with E-state index < -0.39 is 12.2 Å². The number of aryl methyl sites for hydroxylation is 1. The summed E-state index contributed by atoms with van der Waals surface area (Å²) in [5.74, 6) is -0.865. The minimum absolute atomic E-state index is 0.0640. The average molecular weight is 349 g/mol. The molecule has 0 spiro atoms. The van der Waals surface area contributed by atoms with E-state index in [1.165, 1.54) is 18.2 Å². The van der Waals surface area contributed by atoms with Crippen molar-refractivity contribution in [3.05, 3.63) is 41.6 Å². The number of fused-ring (bicyclic) bond motifs is 1. The molecule has 8 heteroatoms. The van der Waals surface area contributed by atoms with Crippen molar-refractivity contribution in [1.82, 2.24) is 4.98 Å². The van der Waals surface area contributed by atoms with Gasteiger partial charge >= 0.3 is 6.29 Å². The Labute approximate surface area is 143 Å². The maximum atomic E-state index is 13.2. The summed E-state index contributed by atoms with van der Waals surface area (Å²) >= 11 is 0. The number of anilines is 2. The fraction of sp³-hybridized carbons (Fsp3) is 0.294. The summed E-state index contributed by atoms with van der Waals surface area (Å²) in [6.07, 6.45) is -0.991. The van der Waals surface area contributed by atoms with E-state index in [-0.39, 0.29) is 28.6 Å². The van der Waals surface area contributed by atoms with Gasteiger partial charge in [0, 0.05) is 5.69 Å². The second kappa shape index (κ2) is 6.54. The summed E-state index contributed by atoms with van der Waals surface area (Å²) in [5, 5.41) is 2.50. The van der Waals surface area contributed by atoms with Crippen molar-refractivity contribution >= 4 is 17.4 Å². The van der Waals surface area contributed by atoms with Gasteiger partial charge in [0.25, 0.3) is 5.91 Å². The summed E-state index contributed by atoms with van der Waals surface area (Å²) in [6.45, 7) is 2.07. The number of rotatable bonds is 5. The van der Waals surface area contributed by atoms with E-state index in [9.17, 15) is 13.6 Å². The van der Waals surface area contributed by atoms with Gasteiger partial charge in [-0.3, -0.25) is 4.79 Å². The van der Waals surface area contributed by atoms with E-state index in [0.717, 1.165) is 25.0 Å². The lowest BCUT2D eigenvalue weighted by atomic mass is 10.1. The first-order valence-electron chi connectivity index (χ1n) is 7.85. The van der Waals surface area contributed by atoms with E-state index in [1.807, 2.05) is 0 Å². The first-order chi connectivity index (χ1) is 11.9. The topological polar surface area (TPSA) is 86.5 Å². The van der Waals surface area contributed by atoms with Gasteiger partial charge < -0.3 is 20.5 Å². The van der Waals surface area contributed by atoms with Gasteiger partial charge in [0.15, 0.2) is 11.5 Å². The van der Waals surface area contributed by atoms with E-state index in [1.54, 1.807) is 12.1 Å².